The smallest absolute Gasteiger partial charge is 0.494 e. The number of ether oxygens (including phenoxy) is 1. The van der Waals surface area contributed by atoms with Crippen molar-refractivity contribution in [2.24, 2.45) is 0 Å². The molecule has 0 N–H and O–H groups in total. The van der Waals surface area contributed by atoms with E-state index in [1.165, 1.54) is 19.2 Å². The number of hydrogen-bond donors (Lipinski definition) is 0. The van der Waals surface area contributed by atoms with Crippen LogP contribution in [0.5, 0.6) is 11.6 Å². The predicted octanol–water partition coefficient (Wildman–Crippen LogP) is 2.47. The van der Waals surface area contributed by atoms with Crippen LogP contribution in [-0.4, -0.2) is 26.0 Å². The number of alkyl halides is 3. The minimum absolute atomic E-state index is 0.199. The molecule has 1 aromatic carbocycles. The molecule has 0 saturated heterocycles. The molecule has 2 aromatic rings. The van der Waals surface area contributed by atoms with Crippen molar-refractivity contribution in [1.82, 2.24) is 4.98 Å². The molecule has 0 atom stereocenters. The molecule has 5 nitrogen and oxygen atoms in total. The van der Waals surface area contributed by atoms with Gasteiger partial charge in [-0.15, -0.1) is 0 Å². The van der Waals surface area contributed by atoms with Gasteiger partial charge in [0.25, 0.3) is 0 Å². The first-order valence-corrected chi connectivity index (χ1v) is 6.60. The van der Waals surface area contributed by atoms with Crippen LogP contribution < -0.4 is 8.92 Å². The van der Waals surface area contributed by atoms with E-state index >= 15 is 0 Å². The Morgan fingerprint density at radius 2 is 1.85 bits per heavy atom. The third kappa shape index (κ3) is 2.62. The summed E-state index contributed by atoms with van der Waals surface area (Å²) >= 11 is 0. The van der Waals surface area contributed by atoms with Crippen molar-refractivity contribution < 1.29 is 30.5 Å². The van der Waals surface area contributed by atoms with Crippen molar-refractivity contribution in [2.75, 3.05) is 7.11 Å². The summed E-state index contributed by atoms with van der Waals surface area (Å²) in [5, 5.41) is 0.570. The SMILES string of the molecule is COc1cccc2ccc(OS(=O)(=O)C(F)(F)F)nc12. The van der Waals surface area contributed by atoms with Crippen molar-refractivity contribution in [1.29, 1.82) is 0 Å². The highest BCUT2D eigenvalue weighted by molar-refractivity contribution is 7.87. The second-order valence-corrected chi connectivity index (χ2v) is 5.20. The average molecular weight is 307 g/mol. The third-order valence-corrected chi connectivity index (χ3v) is 3.31. The summed E-state index contributed by atoms with van der Waals surface area (Å²) in [5.74, 6) is -0.392. The van der Waals surface area contributed by atoms with E-state index < -0.39 is 21.5 Å². The molecule has 0 aliphatic rings. The second-order valence-electron chi connectivity index (χ2n) is 3.66. The largest absolute Gasteiger partial charge is 0.534 e. The van der Waals surface area contributed by atoms with Crippen molar-refractivity contribution in [3.63, 3.8) is 0 Å². The van der Waals surface area contributed by atoms with Crippen LogP contribution in [0, 0.1) is 0 Å². The number of fused-ring (bicyclic) bond motifs is 1. The van der Waals surface area contributed by atoms with Gasteiger partial charge >= 0.3 is 15.6 Å². The Morgan fingerprint density at radius 3 is 2.45 bits per heavy atom. The fraction of sp³-hybridized carbons (Fsp3) is 0.182. The molecule has 2 rings (SSSR count). The van der Waals surface area contributed by atoms with E-state index in [0.29, 0.717) is 5.39 Å². The average Bonchev–Trinajstić information content (AvgIpc) is 2.36. The molecule has 9 heteroatoms. The van der Waals surface area contributed by atoms with Crippen LogP contribution in [0.3, 0.4) is 0 Å². The summed E-state index contributed by atoms with van der Waals surface area (Å²) in [5.41, 5.74) is -5.31. The van der Waals surface area contributed by atoms with Gasteiger partial charge in [-0.1, -0.05) is 12.1 Å². The summed E-state index contributed by atoms with van der Waals surface area (Å²) in [4.78, 5) is 3.72. The third-order valence-electron chi connectivity index (χ3n) is 2.36. The highest BCUT2D eigenvalue weighted by atomic mass is 32.2. The Balaban J connectivity index is 2.48. The van der Waals surface area contributed by atoms with Crippen LogP contribution in [0.2, 0.25) is 0 Å². The van der Waals surface area contributed by atoms with Crippen LogP contribution in [0.4, 0.5) is 13.2 Å². The summed E-state index contributed by atoms with van der Waals surface area (Å²) in [6.45, 7) is 0. The highest BCUT2D eigenvalue weighted by Gasteiger charge is 2.48. The summed E-state index contributed by atoms with van der Waals surface area (Å²) in [7, 11) is -4.38. The second kappa shape index (κ2) is 4.82. The molecule has 20 heavy (non-hydrogen) atoms. The van der Waals surface area contributed by atoms with Gasteiger partial charge < -0.3 is 8.92 Å². The van der Waals surface area contributed by atoms with Crippen molar-refractivity contribution in [3.05, 3.63) is 30.3 Å². The number of aromatic nitrogens is 1. The van der Waals surface area contributed by atoms with Gasteiger partial charge in [0.15, 0.2) is 0 Å². The number of pyridine rings is 1. The molecule has 1 aromatic heterocycles. The fourth-order valence-corrected chi connectivity index (χ4v) is 1.88. The molecule has 0 aliphatic heterocycles. The molecule has 1 heterocycles. The van der Waals surface area contributed by atoms with E-state index in [2.05, 4.69) is 9.17 Å². The number of rotatable bonds is 3. The van der Waals surface area contributed by atoms with Crippen molar-refractivity contribution in [2.45, 2.75) is 5.51 Å². The van der Waals surface area contributed by atoms with Gasteiger partial charge in [-0.3, -0.25) is 0 Å². The van der Waals surface area contributed by atoms with Crippen LogP contribution in [0.15, 0.2) is 30.3 Å². The summed E-state index contributed by atoms with van der Waals surface area (Å²) in [6, 6.07) is 7.26. The first-order chi connectivity index (χ1) is 9.24. The van der Waals surface area contributed by atoms with E-state index in [4.69, 9.17) is 4.74 Å². The van der Waals surface area contributed by atoms with Crippen molar-refractivity contribution in [3.8, 4) is 11.6 Å². The number of para-hydroxylation sites is 1. The summed E-state index contributed by atoms with van der Waals surface area (Å²) in [6.07, 6.45) is 0. The normalized spacial score (nSPS) is 12.4. The number of nitrogens with zero attached hydrogens (tertiary/aromatic N) is 1. The predicted molar refractivity (Wildman–Crippen MR) is 63.9 cm³/mol. The zero-order chi connectivity index (χ0) is 15.0. The number of hydrogen-bond acceptors (Lipinski definition) is 5. The lowest BCUT2D eigenvalue weighted by atomic mass is 10.2. The zero-order valence-corrected chi connectivity index (χ0v) is 10.8. The van der Waals surface area contributed by atoms with Crippen LogP contribution in [0.1, 0.15) is 0 Å². The Bertz CT molecular complexity index is 743. The first-order valence-electron chi connectivity index (χ1n) is 5.19. The minimum Gasteiger partial charge on any atom is -0.494 e. The maximum Gasteiger partial charge on any atom is 0.534 e. The van der Waals surface area contributed by atoms with Gasteiger partial charge in [0.2, 0.25) is 5.88 Å². The highest BCUT2D eigenvalue weighted by Crippen LogP contribution is 2.29. The van der Waals surface area contributed by atoms with Crippen molar-refractivity contribution >= 4 is 21.0 Å². The van der Waals surface area contributed by atoms with Gasteiger partial charge in [-0.25, -0.2) is 4.98 Å². The molecule has 0 saturated carbocycles. The molecular weight excluding hydrogens is 299 g/mol. The van der Waals surface area contributed by atoms with Crippen LogP contribution in [-0.2, 0) is 10.1 Å². The van der Waals surface area contributed by atoms with E-state index in [0.717, 1.165) is 6.07 Å². The van der Waals surface area contributed by atoms with Gasteiger partial charge in [0.05, 0.1) is 7.11 Å². The maximum absolute atomic E-state index is 12.2. The Labute approximate surface area is 112 Å². The molecule has 0 unspecified atom stereocenters. The van der Waals surface area contributed by atoms with E-state index in [9.17, 15) is 21.6 Å². The van der Waals surface area contributed by atoms with Gasteiger partial charge in [-0.05, 0) is 12.1 Å². The quantitative estimate of drug-likeness (QED) is 0.644. The van der Waals surface area contributed by atoms with Crippen LogP contribution in [0.25, 0.3) is 10.9 Å². The van der Waals surface area contributed by atoms with E-state index in [1.807, 2.05) is 0 Å². The van der Waals surface area contributed by atoms with Gasteiger partial charge in [0.1, 0.15) is 11.3 Å². The number of benzene rings is 1. The number of methoxy groups -OCH3 is 1. The molecule has 0 amide bonds. The molecule has 0 aliphatic carbocycles. The number of halogens is 3. The monoisotopic (exact) mass is 307 g/mol. The molecule has 0 radical (unpaired) electrons. The molecule has 0 spiro atoms. The first kappa shape index (κ1) is 14.4. The van der Waals surface area contributed by atoms with Crippen LogP contribution >= 0.6 is 0 Å². The topological polar surface area (TPSA) is 65.5 Å². The lowest BCUT2D eigenvalue weighted by Crippen LogP contribution is -2.28. The van der Waals surface area contributed by atoms with E-state index in [1.54, 1.807) is 12.1 Å². The molecular formula is C11H8F3NO4S. The molecule has 0 bridgehead atoms. The molecule has 0 fully saturated rings. The maximum atomic E-state index is 12.2. The Hall–Kier alpha value is -2.03. The van der Waals surface area contributed by atoms with Gasteiger partial charge in [-0.2, -0.15) is 21.6 Å². The van der Waals surface area contributed by atoms with Gasteiger partial charge in [0, 0.05) is 11.5 Å². The minimum atomic E-state index is -5.74. The zero-order valence-electron chi connectivity index (χ0n) is 10.0. The molecule has 108 valence electrons. The lowest BCUT2D eigenvalue weighted by molar-refractivity contribution is -0.0501. The standard InChI is InChI=1S/C11H8F3NO4S/c1-18-8-4-2-3-7-5-6-9(15-10(7)8)19-20(16,17)11(12,13)14/h2-6H,1H3. The lowest BCUT2D eigenvalue weighted by Gasteiger charge is -2.10. The van der Waals surface area contributed by atoms with E-state index in [-0.39, 0.29) is 11.3 Å². The summed E-state index contributed by atoms with van der Waals surface area (Å²) < 4.78 is 67.4. The Morgan fingerprint density at radius 1 is 1.15 bits per heavy atom. The fourth-order valence-electron chi connectivity index (χ4n) is 1.47. The Kier molecular flexibility index (Phi) is 3.46.